The van der Waals surface area contributed by atoms with Gasteiger partial charge in [-0.3, -0.25) is 4.79 Å². The summed E-state index contributed by atoms with van der Waals surface area (Å²) in [6.45, 7) is 4.12. The van der Waals surface area contributed by atoms with Crippen LogP contribution in [0.4, 0.5) is 0 Å². The molecule has 6 nitrogen and oxygen atoms in total. The van der Waals surface area contributed by atoms with Crippen LogP contribution >= 0.6 is 12.4 Å². The van der Waals surface area contributed by atoms with Gasteiger partial charge in [-0.25, -0.2) is 0 Å². The average Bonchev–Trinajstić information content (AvgIpc) is 2.92. The van der Waals surface area contributed by atoms with Crippen LogP contribution in [0.15, 0.2) is 35.2 Å². The number of carbonyl (C=O) groups excluding carboxylic acids is 1. The molecule has 0 fully saturated rings. The minimum Gasteiger partial charge on any atom is -0.346 e. The highest BCUT2D eigenvalue weighted by molar-refractivity contribution is 5.95. The van der Waals surface area contributed by atoms with Crippen LogP contribution in [0.2, 0.25) is 0 Å². The van der Waals surface area contributed by atoms with E-state index in [0.29, 0.717) is 17.9 Å². The van der Waals surface area contributed by atoms with E-state index in [0.717, 1.165) is 5.56 Å². The van der Waals surface area contributed by atoms with E-state index >= 15 is 0 Å². The summed E-state index contributed by atoms with van der Waals surface area (Å²) in [5.74, 6) is 0.337. The SMILES string of the molecule is CC(C)(CN)NC(=O)c1ccc(-c2ncon2)cc1.Cl. The Morgan fingerprint density at radius 1 is 1.35 bits per heavy atom. The minimum absolute atomic E-state index is 0. The zero-order valence-electron chi connectivity index (χ0n) is 11.3. The van der Waals surface area contributed by atoms with Crippen LogP contribution in [-0.2, 0) is 0 Å². The zero-order chi connectivity index (χ0) is 13.9. The van der Waals surface area contributed by atoms with Crippen LogP contribution in [-0.4, -0.2) is 28.1 Å². The second-order valence-corrected chi connectivity index (χ2v) is 4.87. The highest BCUT2D eigenvalue weighted by Gasteiger charge is 2.19. The predicted molar refractivity (Wildman–Crippen MR) is 77.6 cm³/mol. The van der Waals surface area contributed by atoms with Crippen molar-refractivity contribution >= 4 is 18.3 Å². The largest absolute Gasteiger partial charge is 0.346 e. The number of aromatic nitrogens is 2. The molecule has 1 amide bonds. The van der Waals surface area contributed by atoms with Crippen molar-refractivity contribution in [1.29, 1.82) is 0 Å². The summed E-state index contributed by atoms with van der Waals surface area (Å²) in [6, 6.07) is 6.98. The van der Waals surface area contributed by atoms with E-state index in [1.54, 1.807) is 24.3 Å². The Morgan fingerprint density at radius 2 is 2.00 bits per heavy atom. The summed E-state index contributed by atoms with van der Waals surface area (Å²) in [5, 5.41) is 6.59. The lowest BCUT2D eigenvalue weighted by Gasteiger charge is -2.24. The highest BCUT2D eigenvalue weighted by Crippen LogP contribution is 2.15. The summed E-state index contributed by atoms with van der Waals surface area (Å²) in [7, 11) is 0. The molecule has 0 saturated carbocycles. The maximum absolute atomic E-state index is 12.0. The Hall–Kier alpha value is -1.92. The molecular formula is C13H17ClN4O2. The molecule has 1 aromatic heterocycles. The van der Waals surface area contributed by atoms with Crippen LogP contribution in [0.3, 0.4) is 0 Å². The maximum atomic E-state index is 12.0. The number of nitrogens with zero attached hydrogens (tertiary/aromatic N) is 2. The molecule has 108 valence electrons. The molecule has 0 aliphatic heterocycles. The number of carbonyl (C=O) groups is 1. The zero-order valence-corrected chi connectivity index (χ0v) is 12.1. The molecular weight excluding hydrogens is 280 g/mol. The van der Waals surface area contributed by atoms with Gasteiger partial charge in [-0.05, 0) is 26.0 Å². The van der Waals surface area contributed by atoms with Crippen LogP contribution < -0.4 is 11.1 Å². The number of hydrogen-bond donors (Lipinski definition) is 2. The van der Waals surface area contributed by atoms with Gasteiger partial charge in [-0.1, -0.05) is 17.3 Å². The first-order chi connectivity index (χ1) is 9.02. The molecule has 1 aromatic carbocycles. The van der Waals surface area contributed by atoms with E-state index in [-0.39, 0.29) is 18.3 Å². The van der Waals surface area contributed by atoms with Gasteiger partial charge in [0.25, 0.3) is 5.91 Å². The summed E-state index contributed by atoms with van der Waals surface area (Å²) in [4.78, 5) is 15.9. The molecule has 0 bridgehead atoms. The number of rotatable bonds is 4. The van der Waals surface area contributed by atoms with Crippen molar-refractivity contribution in [1.82, 2.24) is 15.5 Å². The number of halogens is 1. The van der Waals surface area contributed by atoms with Gasteiger partial charge in [0.05, 0.1) is 0 Å². The topological polar surface area (TPSA) is 94.0 Å². The number of hydrogen-bond acceptors (Lipinski definition) is 5. The van der Waals surface area contributed by atoms with Gasteiger partial charge in [-0.2, -0.15) is 4.98 Å². The lowest BCUT2D eigenvalue weighted by atomic mass is 10.0. The van der Waals surface area contributed by atoms with E-state index in [1.165, 1.54) is 6.39 Å². The number of nitrogens with one attached hydrogen (secondary N) is 1. The minimum atomic E-state index is -0.427. The molecule has 0 saturated heterocycles. The Kier molecular flexibility index (Phi) is 5.24. The van der Waals surface area contributed by atoms with Gasteiger partial charge in [0, 0.05) is 23.2 Å². The molecule has 0 radical (unpaired) electrons. The fraction of sp³-hybridized carbons (Fsp3) is 0.308. The lowest BCUT2D eigenvalue weighted by Crippen LogP contribution is -2.48. The maximum Gasteiger partial charge on any atom is 0.251 e. The van der Waals surface area contributed by atoms with Crippen LogP contribution in [0.1, 0.15) is 24.2 Å². The third kappa shape index (κ3) is 3.79. The summed E-state index contributed by atoms with van der Waals surface area (Å²) < 4.78 is 4.67. The molecule has 1 heterocycles. The molecule has 0 aliphatic rings. The second-order valence-electron chi connectivity index (χ2n) is 4.87. The summed E-state index contributed by atoms with van der Waals surface area (Å²) in [5.41, 5.74) is 6.51. The van der Waals surface area contributed by atoms with E-state index in [9.17, 15) is 4.79 Å². The van der Waals surface area contributed by atoms with E-state index < -0.39 is 5.54 Å². The fourth-order valence-corrected chi connectivity index (χ4v) is 1.50. The molecule has 0 atom stereocenters. The Morgan fingerprint density at radius 3 is 2.50 bits per heavy atom. The van der Waals surface area contributed by atoms with Crippen LogP contribution in [0, 0.1) is 0 Å². The van der Waals surface area contributed by atoms with E-state index in [4.69, 9.17) is 5.73 Å². The molecule has 0 unspecified atom stereocenters. The second kappa shape index (κ2) is 6.49. The molecule has 20 heavy (non-hydrogen) atoms. The van der Waals surface area contributed by atoms with Gasteiger partial charge >= 0.3 is 0 Å². The van der Waals surface area contributed by atoms with Crippen molar-refractivity contribution in [2.45, 2.75) is 19.4 Å². The Labute approximate surface area is 123 Å². The van der Waals surface area contributed by atoms with Gasteiger partial charge in [0.15, 0.2) is 0 Å². The van der Waals surface area contributed by atoms with Gasteiger partial charge in [0.1, 0.15) is 0 Å². The Bertz CT molecular complexity index is 552. The first kappa shape index (κ1) is 16.1. The quantitative estimate of drug-likeness (QED) is 0.894. The van der Waals surface area contributed by atoms with Crippen molar-refractivity contribution in [3.05, 3.63) is 36.2 Å². The number of nitrogens with two attached hydrogens (primary N) is 1. The molecule has 2 aromatic rings. The number of amides is 1. The van der Waals surface area contributed by atoms with Crippen molar-refractivity contribution in [3.63, 3.8) is 0 Å². The van der Waals surface area contributed by atoms with Crippen LogP contribution in [0.25, 0.3) is 11.4 Å². The summed E-state index contributed by atoms with van der Waals surface area (Å²) >= 11 is 0. The number of benzene rings is 1. The predicted octanol–water partition coefficient (Wildman–Crippen LogP) is 1.63. The van der Waals surface area contributed by atoms with E-state index in [1.807, 2.05) is 13.8 Å². The molecule has 2 rings (SSSR count). The van der Waals surface area contributed by atoms with Gasteiger partial charge in [-0.15, -0.1) is 12.4 Å². The highest BCUT2D eigenvalue weighted by atomic mass is 35.5. The van der Waals surface area contributed by atoms with Gasteiger partial charge in [0.2, 0.25) is 12.2 Å². The van der Waals surface area contributed by atoms with Gasteiger partial charge < -0.3 is 15.6 Å². The van der Waals surface area contributed by atoms with Crippen molar-refractivity contribution in [2.24, 2.45) is 5.73 Å². The van der Waals surface area contributed by atoms with Crippen molar-refractivity contribution in [2.75, 3.05) is 6.54 Å². The van der Waals surface area contributed by atoms with Crippen molar-refractivity contribution in [3.8, 4) is 11.4 Å². The molecule has 0 spiro atoms. The first-order valence-electron chi connectivity index (χ1n) is 5.91. The lowest BCUT2D eigenvalue weighted by molar-refractivity contribution is 0.0916. The van der Waals surface area contributed by atoms with Crippen LogP contribution in [0.5, 0.6) is 0 Å². The molecule has 3 N–H and O–H groups in total. The standard InChI is InChI=1S/C13H16N4O2.ClH/c1-13(2,7-14)16-12(18)10-5-3-9(4-6-10)11-15-8-19-17-11;/h3-6,8H,7,14H2,1-2H3,(H,16,18);1H. The third-order valence-electron chi connectivity index (χ3n) is 2.73. The third-order valence-corrected chi connectivity index (χ3v) is 2.73. The van der Waals surface area contributed by atoms with E-state index in [2.05, 4.69) is 20.0 Å². The fourth-order valence-electron chi connectivity index (χ4n) is 1.50. The normalized spacial score (nSPS) is 10.8. The first-order valence-corrected chi connectivity index (χ1v) is 5.91. The summed E-state index contributed by atoms with van der Waals surface area (Å²) in [6.07, 6.45) is 1.26. The van der Waals surface area contributed by atoms with Crippen molar-refractivity contribution < 1.29 is 9.32 Å². The smallest absolute Gasteiger partial charge is 0.251 e. The average molecular weight is 297 g/mol. The molecule has 0 aliphatic carbocycles. The monoisotopic (exact) mass is 296 g/mol. The Balaban J connectivity index is 0.00000200. The molecule has 7 heteroatoms.